The van der Waals surface area contributed by atoms with E-state index in [4.69, 9.17) is 32.7 Å². The van der Waals surface area contributed by atoms with Gasteiger partial charge in [0.1, 0.15) is 17.3 Å². The van der Waals surface area contributed by atoms with Crippen molar-refractivity contribution in [3.05, 3.63) is 82.1 Å². The minimum Gasteiger partial charge on any atom is -0.497 e. The Morgan fingerprint density at radius 2 is 1.68 bits per heavy atom. The van der Waals surface area contributed by atoms with E-state index < -0.39 is 11.8 Å². The Bertz CT molecular complexity index is 1180. The molecule has 10 heteroatoms. The molecule has 3 rings (SSSR count). The molecule has 0 radical (unpaired) electrons. The lowest BCUT2D eigenvalue weighted by Gasteiger charge is -2.24. The molecule has 0 fully saturated rings. The van der Waals surface area contributed by atoms with E-state index in [1.807, 2.05) is 0 Å². The molecule has 0 saturated carbocycles. The predicted octanol–water partition coefficient (Wildman–Crippen LogP) is 5.62. The van der Waals surface area contributed by atoms with Gasteiger partial charge in [0.25, 0.3) is 5.91 Å². The number of benzene rings is 3. The van der Waals surface area contributed by atoms with Crippen molar-refractivity contribution in [3.8, 4) is 11.5 Å². The highest BCUT2D eigenvalue weighted by Gasteiger charge is 2.18. The van der Waals surface area contributed by atoms with Crippen molar-refractivity contribution >= 4 is 46.5 Å². The molecule has 0 unspecified atom stereocenters. The summed E-state index contributed by atoms with van der Waals surface area (Å²) in [6.07, 6.45) is 0. The van der Waals surface area contributed by atoms with E-state index >= 15 is 0 Å². The molecule has 0 saturated heterocycles. The molecule has 3 amide bonds. The SMILES string of the molecule is COc1ccc(C(=O)NCCN(C(=O)Nc2ccc(Cl)c(Cl)c2)c2ccc(F)cc2)c(OC)c1. The summed E-state index contributed by atoms with van der Waals surface area (Å²) in [5.41, 5.74) is 1.19. The lowest BCUT2D eigenvalue weighted by molar-refractivity contribution is 0.0951. The maximum atomic E-state index is 13.4. The molecule has 0 spiro atoms. The van der Waals surface area contributed by atoms with Crippen molar-refractivity contribution in [3.63, 3.8) is 0 Å². The fraction of sp³-hybridized carbons (Fsp3) is 0.167. The van der Waals surface area contributed by atoms with Gasteiger partial charge in [0.05, 0.1) is 29.8 Å². The van der Waals surface area contributed by atoms with Crippen molar-refractivity contribution in [2.24, 2.45) is 0 Å². The normalized spacial score (nSPS) is 10.4. The van der Waals surface area contributed by atoms with Gasteiger partial charge in [-0.2, -0.15) is 0 Å². The summed E-state index contributed by atoms with van der Waals surface area (Å²) in [6.45, 7) is 0.211. The van der Waals surface area contributed by atoms with Crippen LogP contribution < -0.4 is 25.0 Å². The van der Waals surface area contributed by atoms with E-state index in [2.05, 4.69) is 10.6 Å². The van der Waals surface area contributed by atoms with E-state index in [0.717, 1.165) is 0 Å². The number of carbonyl (C=O) groups excluding carboxylic acids is 2. The molecule has 7 nitrogen and oxygen atoms in total. The van der Waals surface area contributed by atoms with Gasteiger partial charge in [0.15, 0.2) is 0 Å². The predicted molar refractivity (Wildman–Crippen MR) is 131 cm³/mol. The first-order valence-corrected chi connectivity index (χ1v) is 10.9. The third-order valence-corrected chi connectivity index (χ3v) is 5.57. The zero-order valence-electron chi connectivity index (χ0n) is 18.4. The summed E-state index contributed by atoms with van der Waals surface area (Å²) in [4.78, 5) is 27.1. The van der Waals surface area contributed by atoms with Crippen LogP contribution in [0.25, 0.3) is 0 Å². The number of methoxy groups -OCH3 is 2. The largest absolute Gasteiger partial charge is 0.497 e. The molecule has 0 heterocycles. The zero-order valence-corrected chi connectivity index (χ0v) is 19.9. The quantitative estimate of drug-likeness (QED) is 0.416. The van der Waals surface area contributed by atoms with E-state index in [1.165, 1.54) is 49.5 Å². The highest BCUT2D eigenvalue weighted by molar-refractivity contribution is 6.42. The van der Waals surface area contributed by atoms with Crippen molar-refractivity contribution in [2.45, 2.75) is 0 Å². The molecule has 0 aliphatic rings. The standard InChI is InChI=1S/C24H22Cl2FN3O4/c1-33-18-8-9-19(22(14-18)34-2)23(31)28-11-12-30(17-6-3-15(27)4-7-17)24(32)29-16-5-10-20(25)21(26)13-16/h3-10,13-14H,11-12H2,1-2H3,(H,28,31)(H,29,32). The summed E-state index contributed by atoms with van der Waals surface area (Å²) >= 11 is 12.0. The average molecular weight is 506 g/mol. The molecule has 0 aliphatic carbocycles. The highest BCUT2D eigenvalue weighted by atomic mass is 35.5. The molecule has 2 N–H and O–H groups in total. The molecule has 0 atom stereocenters. The number of halogens is 3. The second kappa shape index (κ2) is 11.6. The molecule has 3 aromatic rings. The minimum atomic E-state index is -0.499. The molecular weight excluding hydrogens is 484 g/mol. The maximum absolute atomic E-state index is 13.4. The van der Waals surface area contributed by atoms with Gasteiger partial charge in [0.2, 0.25) is 0 Å². The number of carbonyl (C=O) groups is 2. The number of nitrogens with zero attached hydrogens (tertiary/aromatic N) is 1. The van der Waals surface area contributed by atoms with Crippen LogP contribution in [0.4, 0.5) is 20.6 Å². The fourth-order valence-electron chi connectivity index (χ4n) is 3.10. The van der Waals surface area contributed by atoms with Gasteiger partial charge in [-0.15, -0.1) is 0 Å². The van der Waals surface area contributed by atoms with Crippen LogP contribution in [-0.4, -0.2) is 39.2 Å². The Morgan fingerprint density at radius 3 is 2.32 bits per heavy atom. The van der Waals surface area contributed by atoms with Gasteiger partial charge in [-0.3, -0.25) is 9.69 Å². The van der Waals surface area contributed by atoms with Crippen LogP contribution in [0, 0.1) is 5.82 Å². The van der Waals surface area contributed by atoms with Crippen LogP contribution in [0.15, 0.2) is 60.7 Å². The summed E-state index contributed by atoms with van der Waals surface area (Å²) < 4.78 is 23.8. The number of hydrogen-bond donors (Lipinski definition) is 2. The Hall–Kier alpha value is -3.49. The smallest absolute Gasteiger partial charge is 0.326 e. The van der Waals surface area contributed by atoms with Crippen LogP contribution >= 0.6 is 23.2 Å². The maximum Gasteiger partial charge on any atom is 0.326 e. The number of amides is 3. The topological polar surface area (TPSA) is 79.9 Å². The van der Waals surface area contributed by atoms with Crippen molar-refractivity contribution in [1.29, 1.82) is 0 Å². The van der Waals surface area contributed by atoms with E-state index in [0.29, 0.717) is 33.5 Å². The number of hydrogen-bond acceptors (Lipinski definition) is 4. The summed E-state index contributed by atoms with van der Waals surface area (Å²) in [7, 11) is 2.97. The summed E-state index contributed by atoms with van der Waals surface area (Å²) in [6, 6.07) is 14.4. The second-order valence-electron chi connectivity index (χ2n) is 7.01. The number of nitrogens with one attached hydrogen (secondary N) is 2. The van der Waals surface area contributed by atoms with Gasteiger partial charge in [0, 0.05) is 30.5 Å². The van der Waals surface area contributed by atoms with Gasteiger partial charge in [-0.1, -0.05) is 23.2 Å². The van der Waals surface area contributed by atoms with Gasteiger partial charge in [-0.05, 0) is 54.6 Å². The van der Waals surface area contributed by atoms with Crippen LogP contribution in [0.1, 0.15) is 10.4 Å². The second-order valence-corrected chi connectivity index (χ2v) is 7.82. The van der Waals surface area contributed by atoms with Gasteiger partial charge >= 0.3 is 6.03 Å². The van der Waals surface area contributed by atoms with Crippen LogP contribution in [-0.2, 0) is 0 Å². The number of rotatable bonds is 8. The molecule has 34 heavy (non-hydrogen) atoms. The van der Waals surface area contributed by atoms with Gasteiger partial charge < -0.3 is 20.1 Å². The third-order valence-electron chi connectivity index (χ3n) is 4.83. The van der Waals surface area contributed by atoms with Gasteiger partial charge in [-0.25, -0.2) is 9.18 Å². The first-order valence-electron chi connectivity index (χ1n) is 10.1. The Morgan fingerprint density at radius 1 is 0.941 bits per heavy atom. The van der Waals surface area contributed by atoms with Crippen LogP contribution in [0.5, 0.6) is 11.5 Å². The first-order chi connectivity index (χ1) is 16.3. The number of ether oxygens (including phenoxy) is 2. The van der Waals surface area contributed by atoms with E-state index in [9.17, 15) is 14.0 Å². The fourth-order valence-corrected chi connectivity index (χ4v) is 3.39. The first kappa shape index (κ1) is 25.1. The van der Waals surface area contributed by atoms with E-state index in [-0.39, 0.29) is 24.0 Å². The van der Waals surface area contributed by atoms with Crippen molar-refractivity contribution < 1.29 is 23.5 Å². The number of urea groups is 1. The van der Waals surface area contributed by atoms with Crippen LogP contribution in [0.2, 0.25) is 10.0 Å². The van der Waals surface area contributed by atoms with Crippen molar-refractivity contribution in [2.75, 3.05) is 37.5 Å². The summed E-state index contributed by atoms with van der Waals surface area (Å²) in [5.74, 6) is 0.0800. The highest BCUT2D eigenvalue weighted by Crippen LogP contribution is 2.26. The molecule has 3 aromatic carbocycles. The Balaban J connectivity index is 1.73. The molecule has 0 aliphatic heterocycles. The van der Waals surface area contributed by atoms with Crippen molar-refractivity contribution in [1.82, 2.24) is 5.32 Å². The monoisotopic (exact) mass is 505 g/mol. The molecular formula is C24H22Cl2FN3O4. The lowest BCUT2D eigenvalue weighted by atomic mass is 10.1. The molecule has 178 valence electrons. The van der Waals surface area contributed by atoms with Crippen LogP contribution in [0.3, 0.4) is 0 Å². The average Bonchev–Trinajstić information content (AvgIpc) is 2.84. The van der Waals surface area contributed by atoms with E-state index in [1.54, 1.807) is 30.3 Å². The third kappa shape index (κ3) is 6.30. The number of anilines is 2. The minimum absolute atomic E-state index is 0.100. The Kier molecular flexibility index (Phi) is 8.56. The molecule has 0 bridgehead atoms. The zero-order chi connectivity index (χ0) is 24.7. The summed E-state index contributed by atoms with van der Waals surface area (Å²) in [5, 5.41) is 6.13. The Labute approximate surface area is 206 Å². The lowest BCUT2D eigenvalue weighted by Crippen LogP contribution is -2.41. The molecule has 0 aromatic heterocycles.